The van der Waals surface area contributed by atoms with Crippen LogP contribution in [0, 0.1) is 0 Å². The molecule has 0 saturated heterocycles. The topological polar surface area (TPSA) is 12.9 Å². The first-order valence-corrected chi connectivity index (χ1v) is 6.91. The van der Waals surface area contributed by atoms with E-state index in [-0.39, 0.29) is 10.8 Å². The third-order valence-electron chi connectivity index (χ3n) is 2.90. The number of rotatable bonds is 0. The van der Waals surface area contributed by atoms with E-state index in [2.05, 4.69) is 59.7 Å². The molecule has 0 atom stereocenters. The van der Waals surface area contributed by atoms with Gasteiger partial charge >= 0.3 is 0 Å². The van der Waals surface area contributed by atoms with Gasteiger partial charge in [-0.1, -0.05) is 47.6 Å². The minimum atomic E-state index is 0.144. The maximum atomic E-state index is 4.73. The second-order valence-electron chi connectivity index (χ2n) is 6.70. The van der Waals surface area contributed by atoms with Crippen LogP contribution >= 0.6 is 11.3 Å². The number of nitrogens with zero attached hydrogens (tertiary/aromatic N) is 1. The lowest BCUT2D eigenvalue weighted by molar-refractivity contribution is 0.586. The second-order valence-corrected chi connectivity index (χ2v) is 7.73. The van der Waals surface area contributed by atoms with Crippen LogP contribution in [-0.2, 0) is 10.8 Å². The van der Waals surface area contributed by atoms with Gasteiger partial charge in [-0.2, -0.15) is 0 Å². The molecule has 0 saturated carbocycles. The highest BCUT2D eigenvalue weighted by Crippen LogP contribution is 2.33. The summed E-state index contributed by atoms with van der Waals surface area (Å²) < 4.78 is 1.31. The number of fused-ring (bicyclic) bond motifs is 1. The minimum absolute atomic E-state index is 0.144. The van der Waals surface area contributed by atoms with Gasteiger partial charge in [-0.3, -0.25) is 0 Å². The number of hydrogen-bond acceptors (Lipinski definition) is 2. The first kappa shape index (κ1) is 12.6. The molecule has 0 N–H and O–H groups in total. The molecule has 1 nitrogen and oxygen atoms in total. The summed E-state index contributed by atoms with van der Waals surface area (Å²) in [5, 5.41) is 1.22. The highest BCUT2D eigenvalue weighted by Gasteiger charge is 2.20. The van der Waals surface area contributed by atoms with Gasteiger partial charge in [-0.05, 0) is 23.1 Å². The van der Waals surface area contributed by atoms with E-state index in [1.165, 1.54) is 15.3 Å². The van der Waals surface area contributed by atoms with E-state index in [0.29, 0.717) is 0 Å². The molecule has 0 aliphatic carbocycles. The number of benzene rings is 1. The molecule has 1 aromatic heterocycles. The van der Waals surface area contributed by atoms with Crippen molar-refractivity contribution in [3.05, 3.63) is 28.8 Å². The first-order chi connectivity index (χ1) is 7.68. The zero-order chi connectivity index (χ0) is 12.8. The fraction of sp³-hybridized carbons (Fsp3) is 0.533. The molecule has 0 fully saturated rings. The fourth-order valence-corrected chi connectivity index (χ4v) is 2.77. The Morgan fingerprint density at radius 3 is 2.12 bits per heavy atom. The van der Waals surface area contributed by atoms with Crippen molar-refractivity contribution >= 4 is 21.6 Å². The van der Waals surface area contributed by atoms with Crippen molar-refractivity contribution < 1.29 is 0 Å². The van der Waals surface area contributed by atoms with Crippen molar-refractivity contribution in [2.24, 2.45) is 0 Å². The van der Waals surface area contributed by atoms with E-state index in [1.807, 2.05) is 11.3 Å². The zero-order valence-corrected chi connectivity index (χ0v) is 12.4. The van der Waals surface area contributed by atoms with Crippen molar-refractivity contribution in [3.63, 3.8) is 0 Å². The van der Waals surface area contributed by atoms with Crippen LogP contribution < -0.4 is 0 Å². The standard InChI is InChI=1S/C15H21NS/c1-14(2,3)10-7-8-11-12(9-10)17-13(16-11)15(4,5)6/h7-9H,1-6H3. The van der Waals surface area contributed by atoms with Gasteiger partial charge in [-0.15, -0.1) is 11.3 Å². The third kappa shape index (κ3) is 2.52. The van der Waals surface area contributed by atoms with Crippen molar-refractivity contribution in [1.29, 1.82) is 0 Å². The molecule has 1 heterocycles. The fourth-order valence-electron chi connectivity index (χ4n) is 1.71. The molecule has 0 aliphatic rings. The summed E-state index contributed by atoms with van der Waals surface area (Å²) >= 11 is 1.82. The average Bonchev–Trinajstić information content (AvgIpc) is 2.57. The van der Waals surface area contributed by atoms with Crippen LogP contribution in [0.5, 0.6) is 0 Å². The maximum absolute atomic E-state index is 4.73. The van der Waals surface area contributed by atoms with Crippen LogP contribution in [0.2, 0.25) is 0 Å². The predicted octanol–water partition coefficient (Wildman–Crippen LogP) is 4.89. The van der Waals surface area contributed by atoms with Gasteiger partial charge in [0, 0.05) is 5.41 Å². The molecule has 1 aromatic carbocycles. The SMILES string of the molecule is CC(C)(C)c1ccc2nc(C(C)(C)C)sc2c1. The van der Waals surface area contributed by atoms with Gasteiger partial charge in [0.25, 0.3) is 0 Å². The van der Waals surface area contributed by atoms with E-state index in [9.17, 15) is 0 Å². The molecule has 0 bridgehead atoms. The summed E-state index contributed by atoms with van der Waals surface area (Å²) in [7, 11) is 0. The number of hydrogen-bond donors (Lipinski definition) is 0. The highest BCUT2D eigenvalue weighted by atomic mass is 32.1. The van der Waals surface area contributed by atoms with Crippen LogP contribution in [0.3, 0.4) is 0 Å². The number of aromatic nitrogens is 1. The molecule has 2 aromatic rings. The summed E-state index contributed by atoms with van der Waals surface area (Å²) in [6.07, 6.45) is 0. The Morgan fingerprint density at radius 1 is 0.941 bits per heavy atom. The van der Waals surface area contributed by atoms with E-state index in [0.717, 1.165) is 5.52 Å². The summed E-state index contributed by atoms with van der Waals surface area (Å²) in [6, 6.07) is 6.65. The normalized spacial score (nSPS) is 13.3. The van der Waals surface area contributed by atoms with E-state index in [1.54, 1.807) is 0 Å². The molecule has 2 heteroatoms. The summed E-state index contributed by atoms with van der Waals surface area (Å²) in [5.41, 5.74) is 2.87. The van der Waals surface area contributed by atoms with E-state index >= 15 is 0 Å². The monoisotopic (exact) mass is 247 g/mol. The molecule has 0 spiro atoms. The smallest absolute Gasteiger partial charge is 0.0992 e. The van der Waals surface area contributed by atoms with Crippen LogP contribution in [0.15, 0.2) is 18.2 Å². The van der Waals surface area contributed by atoms with Gasteiger partial charge < -0.3 is 0 Å². The maximum Gasteiger partial charge on any atom is 0.0992 e. The molecular weight excluding hydrogens is 226 g/mol. The lowest BCUT2D eigenvalue weighted by atomic mass is 9.87. The Labute approximate surface area is 108 Å². The van der Waals surface area contributed by atoms with Crippen molar-refractivity contribution in [2.45, 2.75) is 52.4 Å². The van der Waals surface area contributed by atoms with Gasteiger partial charge in [-0.25, -0.2) is 4.98 Å². The van der Waals surface area contributed by atoms with Gasteiger partial charge in [0.05, 0.1) is 15.2 Å². The Kier molecular flexibility index (Phi) is 2.81. The second kappa shape index (κ2) is 3.81. The van der Waals surface area contributed by atoms with Crippen LogP contribution in [0.25, 0.3) is 10.2 Å². The molecule has 0 unspecified atom stereocenters. The van der Waals surface area contributed by atoms with Gasteiger partial charge in [0.2, 0.25) is 0 Å². The molecule has 2 rings (SSSR count). The van der Waals surface area contributed by atoms with Crippen molar-refractivity contribution in [1.82, 2.24) is 4.98 Å². The van der Waals surface area contributed by atoms with Crippen molar-refractivity contribution in [2.75, 3.05) is 0 Å². The number of thiazole rings is 1. The summed E-state index contributed by atoms with van der Waals surface area (Å²) in [4.78, 5) is 4.73. The Bertz CT molecular complexity index is 526. The van der Waals surface area contributed by atoms with Crippen LogP contribution in [0.1, 0.15) is 52.1 Å². The van der Waals surface area contributed by atoms with Crippen molar-refractivity contribution in [3.8, 4) is 0 Å². The van der Waals surface area contributed by atoms with Gasteiger partial charge in [0.1, 0.15) is 0 Å². The van der Waals surface area contributed by atoms with Crippen LogP contribution in [0.4, 0.5) is 0 Å². The lowest BCUT2D eigenvalue weighted by Crippen LogP contribution is -2.10. The first-order valence-electron chi connectivity index (χ1n) is 6.09. The van der Waals surface area contributed by atoms with Crippen LogP contribution in [-0.4, -0.2) is 4.98 Å². The van der Waals surface area contributed by atoms with E-state index in [4.69, 9.17) is 4.98 Å². The van der Waals surface area contributed by atoms with E-state index < -0.39 is 0 Å². The molecular formula is C15H21NS. The Hall–Kier alpha value is -0.890. The highest BCUT2D eigenvalue weighted by molar-refractivity contribution is 7.18. The zero-order valence-electron chi connectivity index (χ0n) is 11.6. The minimum Gasteiger partial charge on any atom is -0.241 e. The van der Waals surface area contributed by atoms with Gasteiger partial charge in [0.15, 0.2) is 0 Å². The third-order valence-corrected chi connectivity index (χ3v) is 4.34. The molecule has 0 aliphatic heterocycles. The molecule has 0 radical (unpaired) electrons. The quantitative estimate of drug-likeness (QED) is 0.646. The Balaban J connectivity index is 2.56. The predicted molar refractivity (Wildman–Crippen MR) is 77.0 cm³/mol. The Morgan fingerprint density at radius 2 is 1.59 bits per heavy atom. The molecule has 0 amide bonds. The lowest BCUT2D eigenvalue weighted by Gasteiger charge is -2.18. The summed E-state index contributed by atoms with van der Waals surface area (Å²) in [5.74, 6) is 0. The average molecular weight is 247 g/mol. The largest absolute Gasteiger partial charge is 0.241 e. The summed E-state index contributed by atoms with van der Waals surface area (Å²) in [6.45, 7) is 13.4. The molecule has 17 heavy (non-hydrogen) atoms. The molecule has 92 valence electrons.